The molecule has 0 unspecified atom stereocenters. The number of carboxylic acid groups (broad SMARTS) is 1. The lowest BCUT2D eigenvalue weighted by atomic mass is 10.2. The van der Waals surface area contributed by atoms with Gasteiger partial charge in [-0.3, -0.25) is 0 Å². The van der Waals surface area contributed by atoms with Crippen molar-refractivity contribution in [2.45, 2.75) is 4.90 Å². The second-order valence-corrected chi connectivity index (χ2v) is 6.22. The molecule has 0 bridgehead atoms. The van der Waals surface area contributed by atoms with Crippen LogP contribution in [0.2, 0.25) is 5.02 Å². The van der Waals surface area contributed by atoms with Gasteiger partial charge in [0.25, 0.3) is 0 Å². The lowest BCUT2D eigenvalue weighted by molar-refractivity contribution is 0.0697. The third-order valence-corrected chi connectivity index (χ3v) is 4.67. The van der Waals surface area contributed by atoms with Crippen LogP contribution in [0.3, 0.4) is 0 Å². The topological polar surface area (TPSA) is 83.9 Å². The average Bonchev–Trinajstić information content (AvgIpc) is 2.35. The zero-order valence-corrected chi connectivity index (χ0v) is 12.0. The first kappa shape index (κ1) is 15.9. The molecule has 0 amide bonds. The Kier molecular flexibility index (Phi) is 5.30. The lowest BCUT2D eigenvalue weighted by Gasteiger charge is -2.17. The van der Waals surface area contributed by atoms with Gasteiger partial charge in [-0.2, -0.15) is 4.31 Å². The van der Waals surface area contributed by atoms with E-state index < -0.39 is 16.0 Å². The van der Waals surface area contributed by atoms with Crippen LogP contribution < -0.4 is 0 Å². The molecule has 0 aliphatic rings. The predicted molar refractivity (Wildman–Crippen MR) is 70.1 cm³/mol. The molecule has 0 spiro atoms. The van der Waals surface area contributed by atoms with E-state index in [0.717, 1.165) is 10.4 Å². The third-order valence-electron chi connectivity index (χ3n) is 2.49. The van der Waals surface area contributed by atoms with E-state index in [9.17, 15) is 13.2 Å². The van der Waals surface area contributed by atoms with Gasteiger partial charge >= 0.3 is 5.97 Å². The number of halogens is 1. The molecule has 0 fully saturated rings. The van der Waals surface area contributed by atoms with Crippen LogP contribution in [0.15, 0.2) is 23.1 Å². The maximum absolute atomic E-state index is 12.2. The van der Waals surface area contributed by atoms with Crippen molar-refractivity contribution in [1.82, 2.24) is 4.31 Å². The summed E-state index contributed by atoms with van der Waals surface area (Å²) in [6.45, 7) is 0.416. The van der Waals surface area contributed by atoms with Crippen molar-refractivity contribution in [3.8, 4) is 0 Å². The molecular formula is C11H14ClNO5S. The summed E-state index contributed by atoms with van der Waals surface area (Å²) in [5.74, 6) is -1.28. The molecule has 106 valence electrons. The van der Waals surface area contributed by atoms with Gasteiger partial charge in [-0.1, -0.05) is 11.6 Å². The number of carbonyl (C=O) groups is 1. The van der Waals surface area contributed by atoms with Crippen LogP contribution >= 0.6 is 11.6 Å². The van der Waals surface area contributed by atoms with Crippen molar-refractivity contribution in [1.29, 1.82) is 0 Å². The van der Waals surface area contributed by atoms with E-state index in [0.29, 0.717) is 0 Å². The summed E-state index contributed by atoms with van der Waals surface area (Å²) in [6, 6.07) is 3.57. The second-order valence-electron chi connectivity index (χ2n) is 3.77. The molecule has 0 aromatic heterocycles. The Balaban J connectivity index is 3.15. The van der Waals surface area contributed by atoms with Gasteiger partial charge in [0.05, 0.1) is 22.1 Å². The smallest absolute Gasteiger partial charge is 0.337 e. The molecule has 8 heteroatoms. The number of sulfonamides is 1. The van der Waals surface area contributed by atoms with Crippen LogP contribution in [-0.4, -0.2) is 51.1 Å². The normalized spacial score (nSPS) is 11.8. The predicted octanol–water partition coefficient (Wildman–Crippen LogP) is 1.31. The Morgan fingerprint density at radius 1 is 1.47 bits per heavy atom. The van der Waals surface area contributed by atoms with Crippen LogP contribution in [0.25, 0.3) is 0 Å². The molecule has 0 aliphatic carbocycles. The van der Waals surface area contributed by atoms with E-state index in [2.05, 4.69) is 0 Å². The number of carboxylic acids is 1. The largest absolute Gasteiger partial charge is 0.478 e. The van der Waals surface area contributed by atoms with Crippen LogP contribution in [0.1, 0.15) is 10.4 Å². The van der Waals surface area contributed by atoms with Gasteiger partial charge in [0, 0.05) is 20.7 Å². The zero-order valence-electron chi connectivity index (χ0n) is 10.5. The summed E-state index contributed by atoms with van der Waals surface area (Å²) in [7, 11) is -0.897. The van der Waals surface area contributed by atoms with E-state index in [-0.39, 0.29) is 28.6 Å². The third kappa shape index (κ3) is 3.66. The fourth-order valence-corrected chi connectivity index (χ4v) is 2.73. The SMILES string of the molecule is COCCN(C)S(=O)(=O)c1ccc(Cl)c(C(=O)O)c1. The molecular weight excluding hydrogens is 294 g/mol. The van der Waals surface area contributed by atoms with Crippen molar-refractivity contribution < 1.29 is 23.1 Å². The molecule has 0 radical (unpaired) electrons. The van der Waals surface area contributed by atoms with E-state index in [1.165, 1.54) is 26.3 Å². The average molecular weight is 308 g/mol. The number of methoxy groups -OCH3 is 1. The molecule has 0 saturated carbocycles. The standard InChI is InChI=1S/C11H14ClNO5S/c1-13(5-6-18-2)19(16,17)8-3-4-10(12)9(7-8)11(14)15/h3-4,7H,5-6H2,1-2H3,(H,14,15). The first-order valence-corrected chi connectivity index (χ1v) is 7.10. The highest BCUT2D eigenvalue weighted by atomic mass is 35.5. The van der Waals surface area contributed by atoms with Crippen molar-refractivity contribution in [2.75, 3.05) is 27.3 Å². The highest BCUT2D eigenvalue weighted by Gasteiger charge is 2.22. The van der Waals surface area contributed by atoms with Crippen LogP contribution in [0.4, 0.5) is 0 Å². The molecule has 6 nitrogen and oxygen atoms in total. The summed E-state index contributed by atoms with van der Waals surface area (Å²) in [4.78, 5) is 10.8. The Morgan fingerprint density at radius 3 is 2.63 bits per heavy atom. The molecule has 0 saturated heterocycles. The van der Waals surface area contributed by atoms with Gasteiger partial charge in [-0.25, -0.2) is 13.2 Å². The molecule has 1 N–H and O–H groups in total. The van der Waals surface area contributed by atoms with Crippen LogP contribution in [0, 0.1) is 0 Å². The zero-order chi connectivity index (χ0) is 14.6. The summed E-state index contributed by atoms with van der Waals surface area (Å²) in [6.07, 6.45) is 0. The summed E-state index contributed by atoms with van der Waals surface area (Å²) in [5, 5.41) is 8.91. The second kappa shape index (κ2) is 6.33. The molecule has 19 heavy (non-hydrogen) atoms. The van der Waals surface area contributed by atoms with Crippen molar-refractivity contribution in [3.05, 3.63) is 28.8 Å². The quantitative estimate of drug-likeness (QED) is 0.856. The molecule has 1 rings (SSSR count). The van der Waals surface area contributed by atoms with Gasteiger partial charge in [0.1, 0.15) is 0 Å². The number of nitrogens with zero attached hydrogens (tertiary/aromatic N) is 1. The lowest BCUT2D eigenvalue weighted by Crippen LogP contribution is -2.30. The van der Waals surface area contributed by atoms with Gasteiger partial charge in [0.2, 0.25) is 10.0 Å². The fraction of sp³-hybridized carbons (Fsp3) is 0.364. The summed E-state index contributed by atoms with van der Waals surface area (Å²) in [5.41, 5.74) is -0.247. The van der Waals surface area contributed by atoms with Crippen molar-refractivity contribution in [2.24, 2.45) is 0 Å². The van der Waals surface area contributed by atoms with E-state index >= 15 is 0 Å². The van der Waals surface area contributed by atoms with Gasteiger partial charge < -0.3 is 9.84 Å². The number of aromatic carboxylic acids is 1. The van der Waals surface area contributed by atoms with Crippen molar-refractivity contribution in [3.63, 3.8) is 0 Å². The summed E-state index contributed by atoms with van der Waals surface area (Å²) < 4.78 is 30.2. The highest BCUT2D eigenvalue weighted by molar-refractivity contribution is 7.89. The highest BCUT2D eigenvalue weighted by Crippen LogP contribution is 2.22. The number of ether oxygens (including phenoxy) is 1. The summed E-state index contributed by atoms with van der Waals surface area (Å²) >= 11 is 5.70. The number of rotatable bonds is 6. The van der Waals surface area contributed by atoms with Gasteiger partial charge in [0.15, 0.2) is 0 Å². The first-order valence-electron chi connectivity index (χ1n) is 5.29. The maximum atomic E-state index is 12.2. The van der Waals surface area contributed by atoms with Gasteiger partial charge in [-0.05, 0) is 18.2 Å². The molecule has 1 aromatic carbocycles. The van der Waals surface area contributed by atoms with Gasteiger partial charge in [-0.15, -0.1) is 0 Å². The number of likely N-dealkylation sites (N-methyl/N-ethyl adjacent to an activating group) is 1. The Morgan fingerprint density at radius 2 is 2.11 bits per heavy atom. The first-order chi connectivity index (χ1) is 8.80. The Labute approximate surface area is 116 Å². The van der Waals surface area contributed by atoms with E-state index in [1.54, 1.807) is 0 Å². The fourth-order valence-electron chi connectivity index (χ4n) is 1.35. The minimum atomic E-state index is -3.75. The molecule has 0 atom stereocenters. The van der Waals surface area contributed by atoms with Crippen LogP contribution in [-0.2, 0) is 14.8 Å². The van der Waals surface area contributed by atoms with E-state index in [4.69, 9.17) is 21.4 Å². The minimum absolute atomic E-state index is 0.00834. The number of benzene rings is 1. The van der Waals surface area contributed by atoms with Crippen molar-refractivity contribution >= 4 is 27.6 Å². The Hall–Kier alpha value is -1.15. The number of hydrogen-bond acceptors (Lipinski definition) is 4. The Bertz CT molecular complexity index is 572. The van der Waals surface area contributed by atoms with Crippen LogP contribution in [0.5, 0.6) is 0 Å². The monoisotopic (exact) mass is 307 g/mol. The minimum Gasteiger partial charge on any atom is -0.478 e. The van der Waals surface area contributed by atoms with E-state index in [1.807, 2.05) is 0 Å². The maximum Gasteiger partial charge on any atom is 0.337 e. The molecule has 1 aromatic rings. The molecule has 0 aliphatic heterocycles. The number of hydrogen-bond donors (Lipinski definition) is 1. The molecule has 0 heterocycles.